The molecule has 0 bridgehead atoms. The molecule has 0 aliphatic rings. The molecule has 1 aromatic carbocycles. The maximum Gasteiger partial charge on any atom is 0.404 e. The molecule has 0 saturated carbocycles. The van der Waals surface area contributed by atoms with Crippen molar-refractivity contribution < 1.29 is 14.7 Å². The lowest BCUT2D eigenvalue weighted by molar-refractivity contribution is 0.0929. The standard InChI is InChI=1S/C11H13NO3/c1-8(7-12-11(14)15)10(13)9-5-3-2-4-6-9/h2-6,8,12H,7H2,1H3,(H,14,15). The van der Waals surface area contributed by atoms with Gasteiger partial charge in [-0.3, -0.25) is 4.79 Å². The molecule has 1 aromatic rings. The van der Waals surface area contributed by atoms with E-state index in [1.54, 1.807) is 31.2 Å². The average Bonchev–Trinajstić information content (AvgIpc) is 2.26. The van der Waals surface area contributed by atoms with E-state index < -0.39 is 6.09 Å². The van der Waals surface area contributed by atoms with Gasteiger partial charge in [-0.1, -0.05) is 37.3 Å². The lowest BCUT2D eigenvalue weighted by Gasteiger charge is -2.09. The monoisotopic (exact) mass is 207 g/mol. The summed E-state index contributed by atoms with van der Waals surface area (Å²) >= 11 is 0. The summed E-state index contributed by atoms with van der Waals surface area (Å²) in [5.41, 5.74) is 0.609. The van der Waals surface area contributed by atoms with E-state index in [9.17, 15) is 9.59 Å². The third-order valence-electron chi connectivity index (χ3n) is 2.07. The quantitative estimate of drug-likeness (QED) is 0.739. The highest BCUT2D eigenvalue weighted by atomic mass is 16.4. The Kier molecular flexibility index (Phi) is 3.85. The molecule has 0 aliphatic carbocycles. The SMILES string of the molecule is CC(CNC(=O)O)C(=O)c1ccccc1. The molecule has 0 fully saturated rings. The molecule has 0 aromatic heterocycles. The number of ketones is 1. The Balaban J connectivity index is 2.57. The number of carbonyl (C=O) groups is 2. The van der Waals surface area contributed by atoms with E-state index in [1.165, 1.54) is 0 Å². The van der Waals surface area contributed by atoms with Crippen LogP contribution in [0.25, 0.3) is 0 Å². The van der Waals surface area contributed by atoms with Crippen molar-refractivity contribution >= 4 is 11.9 Å². The number of benzene rings is 1. The number of Topliss-reactive ketones (excluding diaryl/α,β-unsaturated/α-hetero) is 1. The minimum Gasteiger partial charge on any atom is -0.465 e. The lowest BCUT2D eigenvalue weighted by atomic mass is 9.99. The minimum atomic E-state index is -1.11. The van der Waals surface area contributed by atoms with Gasteiger partial charge in [0.25, 0.3) is 0 Å². The molecular weight excluding hydrogens is 194 g/mol. The predicted molar refractivity (Wildman–Crippen MR) is 56.0 cm³/mol. The van der Waals surface area contributed by atoms with E-state index >= 15 is 0 Å². The molecule has 0 spiro atoms. The van der Waals surface area contributed by atoms with Gasteiger partial charge < -0.3 is 10.4 Å². The summed E-state index contributed by atoms with van der Waals surface area (Å²) in [6.45, 7) is 1.84. The van der Waals surface area contributed by atoms with Gasteiger partial charge in [0.05, 0.1) is 0 Å². The highest BCUT2D eigenvalue weighted by Crippen LogP contribution is 2.07. The molecule has 15 heavy (non-hydrogen) atoms. The predicted octanol–water partition coefficient (Wildman–Crippen LogP) is 1.77. The van der Waals surface area contributed by atoms with Gasteiger partial charge in [0.15, 0.2) is 5.78 Å². The Morgan fingerprint density at radius 2 is 1.93 bits per heavy atom. The topological polar surface area (TPSA) is 66.4 Å². The van der Waals surface area contributed by atoms with Crippen LogP contribution in [0.4, 0.5) is 4.79 Å². The van der Waals surface area contributed by atoms with Crippen molar-refractivity contribution in [1.82, 2.24) is 5.32 Å². The van der Waals surface area contributed by atoms with Gasteiger partial charge in [-0.2, -0.15) is 0 Å². The van der Waals surface area contributed by atoms with Crippen LogP contribution in [0.5, 0.6) is 0 Å². The number of carboxylic acid groups (broad SMARTS) is 1. The van der Waals surface area contributed by atoms with Crippen LogP contribution in [0.2, 0.25) is 0 Å². The first-order valence-corrected chi connectivity index (χ1v) is 4.67. The van der Waals surface area contributed by atoms with E-state index in [2.05, 4.69) is 5.32 Å². The van der Waals surface area contributed by atoms with E-state index in [-0.39, 0.29) is 18.2 Å². The summed E-state index contributed by atoms with van der Waals surface area (Å²) in [7, 11) is 0. The fourth-order valence-electron chi connectivity index (χ4n) is 1.22. The summed E-state index contributed by atoms with van der Waals surface area (Å²) in [5.74, 6) is -0.396. The van der Waals surface area contributed by atoms with Gasteiger partial charge >= 0.3 is 6.09 Å². The lowest BCUT2D eigenvalue weighted by Crippen LogP contribution is -2.30. The van der Waals surface area contributed by atoms with E-state index in [4.69, 9.17) is 5.11 Å². The molecule has 1 rings (SSSR count). The van der Waals surface area contributed by atoms with Crippen molar-refractivity contribution in [3.63, 3.8) is 0 Å². The van der Waals surface area contributed by atoms with Gasteiger partial charge in [-0.25, -0.2) is 4.79 Å². The smallest absolute Gasteiger partial charge is 0.404 e. The third-order valence-corrected chi connectivity index (χ3v) is 2.07. The second-order valence-corrected chi connectivity index (χ2v) is 3.32. The maximum atomic E-state index is 11.7. The first kappa shape index (κ1) is 11.2. The van der Waals surface area contributed by atoms with Crippen LogP contribution in [0.1, 0.15) is 17.3 Å². The maximum absolute atomic E-state index is 11.7. The van der Waals surface area contributed by atoms with Gasteiger partial charge in [-0.15, -0.1) is 0 Å². The zero-order valence-corrected chi connectivity index (χ0v) is 8.43. The van der Waals surface area contributed by atoms with Gasteiger partial charge in [0.2, 0.25) is 0 Å². The van der Waals surface area contributed by atoms with Gasteiger partial charge in [0, 0.05) is 18.0 Å². The largest absolute Gasteiger partial charge is 0.465 e. The third kappa shape index (κ3) is 3.42. The zero-order valence-electron chi connectivity index (χ0n) is 8.43. The second-order valence-electron chi connectivity index (χ2n) is 3.32. The number of nitrogens with one attached hydrogen (secondary N) is 1. The van der Waals surface area contributed by atoms with Crippen LogP contribution in [0.3, 0.4) is 0 Å². The summed E-state index contributed by atoms with van der Waals surface area (Å²) in [6.07, 6.45) is -1.11. The highest BCUT2D eigenvalue weighted by molar-refractivity contribution is 5.97. The van der Waals surface area contributed by atoms with Crippen LogP contribution < -0.4 is 5.32 Å². The highest BCUT2D eigenvalue weighted by Gasteiger charge is 2.15. The zero-order chi connectivity index (χ0) is 11.3. The van der Waals surface area contributed by atoms with E-state index in [1.807, 2.05) is 6.07 Å². The molecule has 4 heteroatoms. The Labute approximate surface area is 87.9 Å². The van der Waals surface area contributed by atoms with Crippen molar-refractivity contribution in [1.29, 1.82) is 0 Å². The molecule has 0 aliphatic heterocycles. The number of amides is 1. The Hall–Kier alpha value is -1.84. The van der Waals surface area contributed by atoms with Crippen LogP contribution in [-0.2, 0) is 0 Å². The Bertz CT molecular complexity index is 348. The summed E-state index contributed by atoms with van der Waals surface area (Å²) in [5, 5.41) is 10.6. The molecule has 0 heterocycles. The molecule has 80 valence electrons. The normalized spacial score (nSPS) is 11.8. The summed E-state index contributed by atoms with van der Waals surface area (Å²) < 4.78 is 0. The Morgan fingerprint density at radius 1 is 1.33 bits per heavy atom. The molecule has 0 radical (unpaired) electrons. The van der Waals surface area contributed by atoms with Crippen molar-refractivity contribution in [3.8, 4) is 0 Å². The number of hydrogen-bond donors (Lipinski definition) is 2. The number of hydrogen-bond acceptors (Lipinski definition) is 2. The molecule has 4 nitrogen and oxygen atoms in total. The van der Waals surface area contributed by atoms with Crippen molar-refractivity contribution in [2.45, 2.75) is 6.92 Å². The van der Waals surface area contributed by atoms with Gasteiger partial charge in [-0.05, 0) is 0 Å². The summed E-state index contributed by atoms with van der Waals surface area (Å²) in [6, 6.07) is 8.84. The van der Waals surface area contributed by atoms with Crippen molar-refractivity contribution in [2.75, 3.05) is 6.54 Å². The fraction of sp³-hybridized carbons (Fsp3) is 0.273. The first-order valence-electron chi connectivity index (χ1n) is 4.67. The van der Waals surface area contributed by atoms with Crippen LogP contribution in [0, 0.1) is 5.92 Å². The molecule has 1 unspecified atom stereocenters. The molecule has 1 amide bonds. The van der Waals surface area contributed by atoms with Crippen molar-refractivity contribution in [3.05, 3.63) is 35.9 Å². The number of carbonyl (C=O) groups excluding carboxylic acids is 1. The first-order chi connectivity index (χ1) is 7.11. The molecular formula is C11H13NO3. The molecule has 2 N–H and O–H groups in total. The summed E-state index contributed by atoms with van der Waals surface area (Å²) in [4.78, 5) is 22.0. The minimum absolute atomic E-state index is 0.0515. The van der Waals surface area contributed by atoms with Crippen LogP contribution in [-0.4, -0.2) is 23.5 Å². The van der Waals surface area contributed by atoms with Gasteiger partial charge in [0.1, 0.15) is 0 Å². The van der Waals surface area contributed by atoms with Crippen LogP contribution >= 0.6 is 0 Å². The number of rotatable bonds is 4. The van der Waals surface area contributed by atoms with E-state index in [0.29, 0.717) is 5.56 Å². The fourth-order valence-corrected chi connectivity index (χ4v) is 1.22. The van der Waals surface area contributed by atoms with E-state index in [0.717, 1.165) is 0 Å². The average molecular weight is 207 g/mol. The Morgan fingerprint density at radius 3 is 2.47 bits per heavy atom. The molecule has 1 atom stereocenters. The second kappa shape index (κ2) is 5.14. The van der Waals surface area contributed by atoms with Crippen molar-refractivity contribution in [2.24, 2.45) is 5.92 Å². The van der Waals surface area contributed by atoms with Crippen LogP contribution in [0.15, 0.2) is 30.3 Å². The molecule has 0 saturated heterocycles.